The summed E-state index contributed by atoms with van der Waals surface area (Å²) in [4.78, 5) is 22.3. The first-order chi connectivity index (χ1) is 10.1. The van der Waals surface area contributed by atoms with Crippen LogP contribution in [0.15, 0.2) is 35.3 Å². The topological polar surface area (TPSA) is 96.1 Å². The van der Waals surface area contributed by atoms with Crippen molar-refractivity contribution in [3.05, 3.63) is 51.4 Å². The minimum atomic E-state index is -0.526. The van der Waals surface area contributed by atoms with E-state index in [1.165, 1.54) is 13.3 Å². The Hall–Kier alpha value is -2.54. The van der Waals surface area contributed by atoms with E-state index >= 15 is 0 Å². The van der Waals surface area contributed by atoms with Gasteiger partial charge in [0, 0.05) is 12.2 Å². The van der Waals surface area contributed by atoms with E-state index < -0.39 is 11.7 Å². The maximum atomic E-state index is 11.3. The number of aromatic amines is 1. The Labute approximate surface area is 125 Å². The smallest absolute Gasteiger partial charge is 0.411 e. The summed E-state index contributed by atoms with van der Waals surface area (Å²) in [6, 6.07) is 7.14. The lowest BCUT2D eigenvalue weighted by atomic mass is 10.2. The van der Waals surface area contributed by atoms with Crippen molar-refractivity contribution in [3.8, 4) is 0 Å². The van der Waals surface area contributed by atoms with E-state index in [-0.39, 0.29) is 5.02 Å². The van der Waals surface area contributed by atoms with Gasteiger partial charge in [0.2, 0.25) is 0 Å². The number of nitrogens with one attached hydrogen (secondary N) is 3. The highest BCUT2D eigenvalue weighted by Gasteiger charge is 2.05. The van der Waals surface area contributed by atoms with Crippen LogP contribution < -0.4 is 16.2 Å². The van der Waals surface area contributed by atoms with Gasteiger partial charge in [-0.1, -0.05) is 23.7 Å². The predicted octanol–water partition coefficient (Wildman–Crippen LogP) is 2.21. The zero-order chi connectivity index (χ0) is 15.2. The summed E-state index contributed by atoms with van der Waals surface area (Å²) < 4.78 is 4.50. The average Bonchev–Trinajstić information content (AvgIpc) is 2.50. The second-order valence-corrected chi connectivity index (χ2v) is 4.47. The van der Waals surface area contributed by atoms with Crippen LogP contribution in [0, 0.1) is 0 Å². The second-order valence-electron chi connectivity index (χ2n) is 4.09. The van der Waals surface area contributed by atoms with Crippen LogP contribution in [0.3, 0.4) is 0 Å². The molecular weight excluding hydrogens is 296 g/mol. The molecule has 21 heavy (non-hydrogen) atoms. The fourth-order valence-corrected chi connectivity index (χ4v) is 1.74. The molecule has 110 valence electrons. The van der Waals surface area contributed by atoms with Gasteiger partial charge in [0.1, 0.15) is 5.02 Å². The minimum Gasteiger partial charge on any atom is -0.453 e. The van der Waals surface area contributed by atoms with Crippen LogP contribution in [0.4, 0.5) is 16.2 Å². The number of amides is 1. The van der Waals surface area contributed by atoms with Crippen LogP contribution in [0.1, 0.15) is 5.56 Å². The first-order valence-corrected chi connectivity index (χ1v) is 6.39. The molecule has 2 rings (SSSR count). The standard InChI is InChI=1S/C13H13ClN4O3/c1-21-13(20)17-9-4-2-8(3-5-9)6-15-10-7-16-18-12(19)11(10)14/h2-5,7H,6H2,1H3,(H,17,20)(H2,15,18,19). The number of halogens is 1. The average molecular weight is 309 g/mol. The summed E-state index contributed by atoms with van der Waals surface area (Å²) in [5.74, 6) is 0. The Morgan fingerprint density at radius 2 is 2.10 bits per heavy atom. The van der Waals surface area contributed by atoms with Crippen molar-refractivity contribution in [2.24, 2.45) is 0 Å². The molecule has 2 aromatic rings. The zero-order valence-electron chi connectivity index (χ0n) is 11.1. The van der Waals surface area contributed by atoms with E-state index in [0.29, 0.717) is 17.9 Å². The molecule has 0 spiro atoms. The molecule has 3 N–H and O–H groups in total. The van der Waals surface area contributed by atoms with Gasteiger partial charge in [-0.3, -0.25) is 10.1 Å². The Kier molecular flexibility index (Phi) is 4.78. The van der Waals surface area contributed by atoms with Crippen LogP contribution in [-0.4, -0.2) is 23.4 Å². The third-order valence-corrected chi connectivity index (χ3v) is 3.04. The van der Waals surface area contributed by atoms with E-state index in [4.69, 9.17) is 11.6 Å². The number of rotatable bonds is 4. The molecule has 0 radical (unpaired) electrons. The number of carbonyl (C=O) groups excluding carboxylic acids is 1. The fraction of sp³-hybridized carbons (Fsp3) is 0.154. The lowest BCUT2D eigenvalue weighted by Gasteiger charge is -2.08. The molecule has 0 aliphatic rings. The van der Waals surface area contributed by atoms with Gasteiger partial charge in [0.25, 0.3) is 5.56 Å². The van der Waals surface area contributed by atoms with Crippen LogP contribution >= 0.6 is 11.6 Å². The number of nitrogens with zero attached hydrogens (tertiary/aromatic N) is 1. The molecule has 0 bridgehead atoms. The molecule has 0 unspecified atom stereocenters. The van der Waals surface area contributed by atoms with Crippen molar-refractivity contribution in [2.45, 2.75) is 6.54 Å². The third kappa shape index (κ3) is 3.96. The van der Waals surface area contributed by atoms with Gasteiger partial charge in [-0.15, -0.1) is 0 Å². The molecule has 0 aliphatic heterocycles. The summed E-state index contributed by atoms with van der Waals surface area (Å²) in [5.41, 5.74) is 1.58. The van der Waals surface area contributed by atoms with Crippen LogP contribution in [0.5, 0.6) is 0 Å². The lowest BCUT2D eigenvalue weighted by molar-refractivity contribution is 0.187. The number of H-pyrrole nitrogens is 1. The Balaban J connectivity index is 1.99. The molecular formula is C13H13ClN4O3. The van der Waals surface area contributed by atoms with Crippen molar-refractivity contribution in [3.63, 3.8) is 0 Å². The number of carbonyl (C=O) groups is 1. The van der Waals surface area contributed by atoms with Gasteiger partial charge in [-0.25, -0.2) is 9.89 Å². The number of ether oxygens (including phenoxy) is 1. The fourth-order valence-electron chi connectivity index (χ4n) is 1.58. The van der Waals surface area contributed by atoms with Crippen molar-refractivity contribution in [1.29, 1.82) is 0 Å². The van der Waals surface area contributed by atoms with Gasteiger partial charge in [-0.2, -0.15) is 5.10 Å². The highest BCUT2D eigenvalue weighted by atomic mass is 35.5. The van der Waals surface area contributed by atoms with Gasteiger partial charge in [0.15, 0.2) is 0 Å². The predicted molar refractivity (Wildman–Crippen MR) is 79.7 cm³/mol. The SMILES string of the molecule is COC(=O)Nc1ccc(CNc2cn[nH]c(=O)c2Cl)cc1. The van der Waals surface area contributed by atoms with Gasteiger partial charge in [-0.05, 0) is 17.7 Å². The number of aromatic nitrogens is 2. The summed E-state index contributed by atoms with van der Waals surface area (Å²) >= 11 is 5.85. The summed E-state index contributed by atoms with van der Waals surface area (Å²) in [6.45, 7) is 0.462. The molecule has 7 nitrogen and oxygen atoms in total. The molecule has 0 aliphatic carbocycles. The number of anilines is 2. The molecule has 0 saturated heterocycles. The maximum absolute atomic E-state index is 11.3. The van der Waals surface area contributed by atoms with Gasteiger partial charge < -0.3 is 10.1 Å². The van der Waals surface area contributed by atoms with E-state index in [1.54, 1.807) is 12.1 Å². The normalized spacial score (nSPS) is 10.0. The van der Waals surface area contributed by atoms with Gasteiger partial charge in [0.05, 0.1) is 19.0 Å². The van der Waals surface area contributed by atoms with Crippen LogP contribution in [0.2, 0.25) is 5.02 Å². The molecule has 1 amide bonds. The number of benzene rings is 1. The van der Waals surface area contributed by atoms with Crippen molar-refractivity contribution in [2.75, 3.05) is 17.7 Å². The molecule has 1 aromatic heterocycles. The Bertz CT molecular complexity index is 685. The number of hydrogen-bond donors (Lipinski definition) is 3. The molecule has 0 saturated carbocycles. The molecule has 1 aromatic carbocycles. The summed E-state index contributed by atoms with van der Waals surface area (Å²) in [5, 5.41) is 11.5. The van der Waals surface area contributed by atoms with E-state index in [1.807, 2.05) is 12.1 Å². The van der Waals surface area contributed by atoms with Crippen LogP contribution in [-0.2, 0) is 11.3 Å². The van der Waals surface area contributed by atoms with Gasteiger partial charge >= 0.3 is 6.09 Å². The molecule has 1 heterocycles. The summed E-state index contributed by atoms with van der Waals surface area (Å²) in [6.07, 6.45) is 0.916. The zero-order valence-corrected chi connectivity index (χ0v) is 11.9. The molecule has 8 heteroatoms. The number of methoxy groups -OCH3 is 1. The Morgan fingerprint density at radius 3 is 2.76 bits per heavy atom. The Morgan fingerprint density at radius 1 is 1.38 bits per heavy atom. The van der Waals surface area contributed by atoms with E-state index in [0.717, 1.165) is 5.56 Å². The monoisotopic (exact) mass is 308 g/mol. The van der Waals surface area contributed by atoms with E-state index in [2.05, 4.69) is 25.6 Å². The van der Waals surface area contributed by atoms with Crippen molar-refractivity contribution < 1.29 is 9.53 Å². The minimum absolute atomic E-state index is 0.0639. The highest BCUT2D eigenvalue weighted by Crippen LogP contribution is 2.16. The maximum Gasteiger partial charge on any atom is 0.411 e. The third-order valence-electron chi connectivity index (χ3n) is 2.66. The largest absolute Gasteiger partial charge is 0.453 e. The first-order valence-electron chi connectivity index (χ1n) is 6.01. The molecule has 0 atom stereocenters. The second kappa shape index (κ2) is 6.76. The first kappa shape index (κ1) is 14.9. The quantitative estimate of drug-likeness (QED) is 0.804. The summed E-state index contributed by atoms with van der Waals surface area (Å²) in [7, 11) is 1.30. The lowest BCUT2D eigenvalue weighted by Crippen LogP contribution is -2.12. The number of hydrogen-bond acceptors (Lipinski definition) is 5. The van der Waals surface area contributed by atoms with Crippen molar-refractivity contribution >= 4 is 29.1 Å². The van der Waals surface area contributed by atoms with E-state index in [9.17, 15) is 9.59 Å². The van der Waals surface area contributed by atoms with Crippen LogP contribution in [0.25, 0.3) is 0 Å². The van der Waals surface area contributed by atoms with Crippen molar-refractivity contribution in [1.82, 2.24) is 10.2 Å². The highest BCUT2D eigenvalue weighted by molar-refractivity contribution is 6.32. The molecule has 0 fully saturated rings.